The van der Waals surface area contributed by atoms with Gasteiger partial charge in [-0.1, -0.05) is 53.9 Å². The summed E-state index contributed by atoms with van der Waals surface area (Å²) in [4.78, 5) is 12.4. The largest absolute Gasteiger partial charge is 0.411 e. The van der Waals surface area contributed by atoms with Crippen LogP contribution in [-0.2, 0) is 4.79 Å². The first-order valence-corrected chi connectivity index (χ1v) is 9.34. The molecule has 0 unspecified atom stereocenters. The number of rotatable bonds is 7. The first-order valence-electron chi connectivity index (χ1n) is 7.47. The van der Waals surface area contributed by atoms with Gasteiger partial charge in [-0.2, -0.15) is 8.78 Å². The zero-order chi connectivity index (χ0) is 18.4. The Morgan fingerprint density at radius 1 is 1.08 bits per heavy atom. The van der Waals surface area contributed by atoms with Gasteiger partial charge in [0.05, 0.1) is 11.4 Å². The van der Waals surface area contributed by atoms with Crippen LogP contribution < -0.4 is 5.32 Å². The number of anilines is 1. The smallest absolute Gasteiger partial charge is 0.288 e. The van der Waals surface area contributed by atoms with Gasteiger partial charge < -0.3 is 9.73 Å². The fourth-order valence-corrected chi connectivity index (χ4v) is 3.21. The molecule has 0 aliphatic rings. The van der Waals surface area contributed by atoms with Gasteiger partial charge in [-0.15, -0.1) is 10.2 Å². The molecule has 1 N–H and O–H groups in total. The van der Waals surface area contributed by atoms with Crippen molar-refractivity contribution in [2.75, 3.05) is 11.1 Å². The Balaban J connectivity index is 1.58. The molecule has 134 valence electrons. The number of para-hydroxylation sites is 1. The summed E-state index contributed by atoms with van der Waals surface area (Å²) in [5.74, 6) is -2.52. The van der Waals surface area contributed by atoms with Gasteiger partial charge in [0.25, 0.3) is 11.0 Å². The molecule has 2 aromatic carbocycles. The lowest BCUT2D eigenvalue weighted by atomic mass is 10.2. The van der Waals surface area contributed by atoms with Crippen LogP contribution in [0, 0.1) is 0 Å². The van der Waals surface area contributed by atoms with Gasteiger partial charge in [0, 0.05) is 10.5 Å². The van der Waals surface area contributed by atoms with Crippen LogP contribution in [0.25, 0.3) is 11.5 Å². The number of thioether (sulfide) groups is 2. The van der Waals surface area contributed by atoms with Crippen LogP contribution in [-0.4, -0.2) is 27.6 Å². The predicted octanol–water partition coefficient (Wildman–Crippen LogP) is 4.78. The summed E-state index contributed by atoms with van der Waals surface area (Å²) >= 11 is 1.46. The second-order valence-electron chi connectivity index (χ2n) is 4.95. The van der Waals surface area contributed by atoms with E-state index in [0.717, 1.165) is 17.3 Å². The van der Waals surface area contributed by atoms with E-state index >= 15 is 0 Å². The monoisotopic (exact) mass is 393 g/mol. The van der Waals surface area contributed by atoms with E-state index in [0.29, 0.717) is 28.2 Å². The van der Waals surface area contributed by atoms with Crippen molar-refractivity contribution in [3.05, 3.63) is 54.6 Å². The van der Waals surface area contributed by atoms with Crippen LogP contribution in [0.4, 0.5) is 14.5 Å². The Morgan fingerprint density at radius 3 is 2.58 bits per heavy atom. The zero-order valence-corrected chi connectivity index (χ0v) is 14.9. The standard InChI is InChI=1S/C17H13F2N3O2S2/c18-16(19)26-13-9-5-4-8-12(13)20-14(23)10-25-17-22-21-15(24-17)11-6-2-1-3-7-11/h1-9,16H,10H2,(H,20,23). The highest BCUT2D eigenvalue weighted by Gasteiger charge is 2.14. The van der Waals surface area contributed by atoms with Gasteiger partial charge in [0.1, 0.15) is 0 Å². The van der Waals surface area contributed by atoms with E-state index in [-0.39, 0.29) is 16.9 Å². The normalized spacial score (nSPS) is 10.9. The number of halogens is 2. The maximum atomic E-state index is 12.6. The zero-order valence-electron chi connectivity index (χ0n) is 13.3. The number of carbonyl (C=O) groups is 1. The van der Waals surface area contributed by atoms with Gasteiger partial charge in [-0.3, -0.25) is 4.79 Å². The summed E-state index contributed by atoms with van der Waals surface area (Å²) in [6.07, 6.45) is 0. The number of aromatic nitrogens is 2. The molecule has 0 saturated heterocycles. The number of carbonyl (C=O) groups excluding carboxylic acids is 1. The van der Waals surface area contributed by atoms with Crippen molar-refractivity contribution < 1.29 is 18.0 Å². The lowest BCUT2D eigenvalue weighted by molar-refractivity contribution is -0.113. The number of nitrogens with one attached hydrogen (secondary N) is 1. The molecule has 0 radical (unpaired) electrons. The average Bonchev–Trinajstić information content (AvgIpc) is 3.11. The number of benzene rings is 2. The molecule has 0 aliphatic carbocycles. The van der Waals surface area contributed by atoms with E-state index in [9.17, 15) is 13.6 Å². The molecular weight excluding hydrogens is 380 g/mol. The minimum Gasteiger partial charge on any atom is -0.411 e. The first kappa shape index (κ1) is 18.4. The highest BCUT2D eigenvalue weighted by Crippen LogP contribution is 2.32. The molecule has 26 heavy (non-hydrogen) atoms. The van der Waals surface area contributed by atoms with Crippen molar-refractivity contribution in [2.45, 2.75) is 15.9 Å². The molecule has 0 atom stereocenters. The van der Waals surface area contributed by atoms with Crippen molar-refractivity contribution in [1.29, 1.82) is 0 Å². The van der Waals surface area contributed by atoms with Crippen LogP contribution in [0.5, 0.6) is 0 Å². The van der Waals surface area contributed by atoms with Gasteiger partial charge in [-0.25, -0.2) is 0 Å². The number of alkyl halides is 2. The van der Waals surface area contributed by atoms with Crippen LogP contribution in [0.2, 0.25) is 0 Å². The van der Waals surface area contributed by atoms with Gasteiger partial charge in [0.2, 0.25) is 11.8 Å². The minimum atomic E-state index is -2.56. The number of amides is 1. The first-order chi connectivity index (χ1) is 12.6. The maximum absolute atomic E-state index is 12.6. The highest BCUT2D eigenvalue weighted by molar-refractivity contribution is 8.00. The third kappa shape index (κ3) is 5.06. The Hall–Kier alpha value is -2.39. The topological polar surface area (TPSA) is 68.0 Å². The van der Waals surface area contributed by atoms with E-state index < -0.39 is 5.76 Å². The predicted molar refractivity (Wildman–Crippen MR) is 97.4 cm³/mol. The average molecular weight is 393 g/mol. The Kier molecular flexibility index (Phi) is 6.24. The summed E-state index contributed by atoms with van der Waals surface area (Å²) in [5, 5.41) is 10.7. The van der Waals surface area contributed by atoms with Crippen LogP contribution in [0.3, 0.4) is 0 Å². The lowest BCUT2D eigenvalue weighted by Gasteiger charge is -2.09. The molecule has 3 aromatic rings. The van der Waals surface area contributed by atoms with Crippen molar-refractivity contribution in [2.24, 2.45) is 0 Å². The Bertz CT molecular complexity index is 875. The van der Waals surface area contributed by atoms with Gasteiger partial charge in [-0.05, 0) is 24.3 Å². The number of hydrogen-bond acceptors (Lipinski definition) is 6. The minimum absolute atomic E-state index is 0.0180. The third-order valence-corrected chi connectivity index (χ3v) is 4.74. The summed E-state index contributed by atoms with van der Waals surface area (Å²) < 4.78 is 30.6. The fourth-order valence-electron chi connectivity index (χ4n) is 2.05. The molecule has 0 saturated carbocycles. The SMILES string of the molecule is O=C(CSc1nnc(-c2ccccc2)o1)Nc1ccccc1SC(F)F. The fraction of sp³-hybridized carbons (Fsp3) is 0.118. The second kappa shape index (κ2) is 8.81. The van der Waals surface area contributed by atoms with E-state index in [2.05, 4.69) is 15.5 Å². The molecule has 0 fully saturated rings. The van der Waals surface area contributed by atoms with Crippen molar-refractivity contribution in [1.82, 2.24) is 10.2 Å². The van der Waals surface area contributed by atoms with Gasteiger partial charge >= 0.3 is 0 Å². The molecule has 0 bridgehead atoms. The van der Waals surface area contributed by atoms with Crippen LogP contribution in [0.15, 0.2) is 69.1 Å². The van der Waals surface area contributed by atoms with Crippen molar-refractivity contribution in [3.8, 4) is 11.5 Å². The van der Waals surface area contributed by atoms with Crippen molar-refractivity contribution in [3.63, 3.8) is 0 Å². The third-order valence-electron chi connectivity index (χ3n) is 3.13. The molecule has 5 nitrogen and oxygen atoms in total. The number of nitrogens with zero attached hydrogens (tertiary/aromatic N) is 2. The summed E-state index contributed by atoms with van der Waals surface area (Å²) in [7, 11) is 0. The van der Waals surface area contributed by atoms with Gasteiger partial charge in [0.15, 0.2) is 0 Å². The molecule has 3 rings (SSSR count). The molecular formula is C17H13F2N3O2S2. The molecule has 0 spiro atoms. The van der Waals surface area contributed by atoms with Crippen molar-refractivity contribution >= 4 is 35.1 Å². The Labute approximate surface area is 156 Å². The molecule has 1 aromatic heterocycles. The van der Waals surface area contributed by atoms with E-state index in [1.54, 1.807) is 18.2 Å². The number of hydrogen-bond donors (Lipinski definition) is 1. The van der Waals surface area contributed by atoms with E-state index in [4.69, 9.17) is 4.42 Å². The summed E-state index contributed by atoms with van der Waals surface area (Å²) in [6.45, 7) is 0. The Morgan fingerprint density at radius 2 is 1.81 bits per heavy atom. The highest BCUT2D eigenvalue weighted by atomic mass is 32.2. The molecule has 9 heteroatoms. The van der Waals surface area contributed by atoms with Crippen LogP contribution in [0.1, 0.15) is 0 Å². The quantitative estimate of drug-likeness (QED) is 0.583. The second-order valence-corrected chi connectivity index (χ2v) is 6.91. The van der Waals surface area contributed by atoms with E-state index in [1.807, 2.05) is 30.3 Å². The summed E-state index contributed by atoms with van der Waals surface area (Å²) in [5.41, 5.74) is 1.13. The molecule has 1 amide bonds. The molecule has 1 heterocycles. The van der Waals surface area contributed by atoms with E-state index in [1.165, 1.54) is 6.07 Å². The molecule has 0 aliphatic heterocycles. The van der Waals surface area contributed by atoms with Crippen LogP contribution >= 0.6 is 23.5 Å². The maximum Gasteiger partial charge on any atom is 0.288 e. The lowest BCUT2D eigenvalue weighted by Crippen LogP contribution is -2.14. The summed E-state index contributed by atoms with van der Waals surface area (Å²) in [6, 6.07) is 15.7.